The van der Waals surface area contributed by atoms with Gasteiger partial charge in [0.2, 0.25) is 11.8 Å². The van der Waals surface area contributed by atoms with Gasteiger partial charge in [-0.15, -0.1) is 0 Å². The van der Waals surface area contributed by atoms with Gasteiger partial charge in [-0.1, -0.05) is 61.7 Å². The van der Waals surface area contributed by atoms with Crippen LogP contribution in [0.1, 0.15) is 49.3 Å². The Kier molecular flexibility index (Phi) is 10.2. The van der Waals surface area contributed by atoms with Gasteiger partial charge in [0.25, 0.3) is 0 Å². The number of benzene rings is 2. The lowest BCUT2D eigenvalue weighted by atomic mass is 10.1. The van der Waals surface area contributed by atoms with Crippen LogP contribution in [0.15, 0.2) is 64.0 Å². The minimum Gasteiger partial charge on any atom is -0.464 e. The highest BCUT2D eigenvalue weighted by atomic mass is 16.5. The van der Waals surface area contributed by atoms with E-state index in [4.69, 9.17) is 9.15 Å². The molecule has 0 N–H and O–H groups in total. The maximum absolute atomic E-state index is 13.5. The van der Waals surface area contributed by atoms with E-state index in [1.807, 2.05) is 43.3 Å². The van der Waals surface area contributed by atoms with Crippen LogP contribution < -0.4 is 5.43 Å². The van der Waals surface area contributed by atoms with Gasteiger partial charge < -0.3 is 19.0 Å². The van der Waals surface area contributed by atoms with Crippen LogP contribution in [-0.2, 0) is 27.4 Å². The quantitative estimate of drug-likeness (QED) is 0.324. The van der Waals surface area contributed by atoms with Crippen molar-refractivity contribution < 1.29 is 18.7 Å². The molecule has 1 heterocycles. The Balaban J connectivity index is 1.86. The Morgan fingerprint density at radius 3 is 2.47 bits per heavy atom. The second kappa shape index (κ2) is 13.6. The first kappa shape index (κ1) is 27.1. The Morgan fingerprint density at radius 2 is 1.75 bits per heavy atom. The van der Waals surface area contributed by atoms with E-state index in [1.54, 1.807) is 29.0 Å². The lowest BCUT2D eigenvalue weighted by Gasteiger charge is -2.28. The average molecular weight is 493 g/mol. The third-order valence-corrected chi connectivity index (χ3v) is 6.17. The zero-order valence-electron chi connectivity index (χ0n) is 21.5. The van der Waals surface area contributed by atoms with Crippen LogP contribution in [0.25, 0.3) is 11.0 Å². The lowest BCUT2D eigenvalue weighted by molar-refractivity contribution is -0.141. The highest BCUT2D eigenvalue weighted by Crippen LogP contribution is 2.16. The van der Waals surface area contributed by atoms with Crippen molar-refractivity contribution in [2.75, 3.05) is 26.8 Å². The summed E-state index contributed by atoms with van der Waals surface area (Å²) in [6.07, 6.45) is 4.61. The molecule has 2 amide bonds. The average Bonchev–Trinajstić information content (AvgIpc) is 2.88. The second-order valence-corrected chi connectivity index (χ2v) is 9.09. The van der Waals surface area contributed by atoms with Gasteiger partial charge in [-0.05, 0) is 31.0 Å². The highest BCUT2D eigenvalue weighted by Gasteiger charge is 2.23. The van der Waals surface area contributed by atoms with E-state index in [2.05, 4.69) is 6.92 Å². The number of unbranched alkanes of at least 4 members (excludes halogenated alkanes) is 2. The van der Waals surface area contributed by atoms with Crippen LogP contribution in [0, 0.1) is 6.92 Å². The van der Waals surface area contributed by atoms with Crippen molar-refractivity contribution >= 4 is 22.8 Å². The molecule has 2 aromatic carbocycles. The zero-order valence-corrected chi connectivity index (χ0v) is 21.5. The zero-order chi connectivity index (χ0) is 25.9. The molecule has 0 aliphatic rings. The van der Waals surface area contributed by atoms with Gasteiger partial charge in [0.05, 0.1) is 36.9 Å². The maximum Gasteiger partial charge on any atom is 0.242 e. The van der Waals surface area contributed by atoms with Gasteiger partial charge in [0, 0.05) is 26.6 Å². The molecule has 192 valence electrons. The van der Waals surface area contributed by atoms with E-state index in [9.17, 15) is 14.4 Å². The first-order valence-electron chi connectivity index (χ1n) is 12.5. The van der Waals surface area contributed by atoms with E-state index >= 15 is 0 Å². The normalized spacial score (nSPS) is 11.0. The van der Waals surface area contributed by atoms with Crippen LogP contribution >= 0.6 is 0 Å². The Hall–Kier alpha value is -3.45. The third kappa shape index (κ3) is 7.52. The topological polar surface area (TPSA) is 80.1 Å². The predicted molar refractivity (Wildman–Crippen MR) is 141 cm³/mol. The standard InChI is InChI=1S/C29H36N2O5/c1-4-5-7-12-27(32)30(15-16-35-3)20-28(33)31(18-23-10-8-6-9-11-23)19-24-21-36-26-14-13-22(2)17-25(26)29(24)34/h6,8-11,13-14,17,21H,4-5,7,12,15-16,18-20H2,1-3H3. The Labute approximate surface area is 212 Å². The molecular weight excluding hydrogens is 456 g/mol. The van der Waals surface area contributed by atoms with Crippen molar-refractivity contribution in [2.45, 2.75) is 52.6 Å². The molecule has 0 unspecified atom stereocenters. The van der Waals surface area contributed by atoms with Crippen molar-refractivity contribution in [3.8, 4) is 0 Å². The van der Waals surface area contributed by atoms with Gasteiger partial charge in [0.1, 0.15) is 5.58 Å². The SMILES string of the molecule is CCCCCC(=O)N(CCOC)CC(=O)N(Cc1ccccc1)Cc1coc2ccc(C)cc2c1=O. The van der Waals surface area contributed by atoms with Crippen LogP contribution in [-0.4, -0.2) is 48.4 Å². The van der Waals surface area contributed by atoms with E-state index in [1.165, 1.54) is 6.26 Å². The number of amides is 2. The lowest BCUT2D eigenvalue weighted by Crippen LogP contribution is -2.44. The molecule has 36 heavy (non-hydrogen) atoms. The summed E-state index contributed by atoms with van der Waals surface area (Å²) in [6.45, 7) is 5.02. The number of fused-ring (bicyclic) bond motifs is 1. The number of methoxy groups -OCH3 is 1. The fraction of sp³-hybridized carbons (Fsp3) is 0.414. The molecule has 0 fully saturated rings. The van der Waals surface area contributed by atoms with E-state index in [-0.39, 0.29) is 30.3 Å². The number of ether oxygens (including phenoxy) is 1. The number of carbonyl (C=O) groups is 2. The third-order valence-electron chi connectivity index (χ3n) is 6.17. The number of carbonyl (C=O) groups excluding carboxylic acids is 2. The summed E-state index contributed by atoms with van der Waals surface area (Å²) in [5, 5.41) is 0.493. The fourth-order valence-electron chi connectivity index (χ4n) is 4.08. The van der Waals surface area contributed by atoms with Crippen molar-refractivity contribution in [2.24, 2.45) is 0 Å². The fourth-order valence-corrected chi connectivity index (χ4v) is 4.08. The number of hydrogen-bond acceptors (Lipinski definition) is 5. The van der Waals surface area contributed by atoms with Crippen molar-refractivity contribution in [1.29, 1.82) is 0 Å². The summed E-state index contributed by atoms with van der Waals surface area (Å²) < 4.78 is 10.9. The van der Waals surface area contributed by atoms with Gasteiger partial charge in [-0.3, -0.25) is 14.4 Å². The maximum atomic E-state index is 13.5. The summed E-state index contributed by atoms with van der Waals surface area (Å²) >= 11 is 0. The highest BCUT2D eigenvalue weighted by molar-refractivity contribution is 5.85. The molecule has 0 bridgehead atoms. The molecule has 0 aliphatic heterocycles. The molecule has 1 aromatic heterocycles. The van der Waals surface area contributed by atoms with Gasteiger partial charge in [0.15, 0.2) is 5.43 Å². The number of rotatable bonds is 13. The predicted octanol–water partition coefficient (Wildman–Crippen LogP) is 4.69. The molecule has 0 radical (unpaired) electrons. The Morgan fingerprint density at radius 1 is 0.972 bits per heavy atom. The van der Waals surface area contributed by atoms with Crippen LogP contribution in [0.5, 0.6) is 0 Å². The van der Waals surface area contributed by atoms with E-state index in [0.29, 0.717) is 42.6 Å². The molecule has 0 aliphatic carbocycles. The molecule has 3 aromatic rings. The van der Waals surface area contributed by atoms with Crippen molar-refractivity contribution in [3.05, 3.63) is 81.7 Å². The molecule has 0 saturated carbocycles. The van der Waals surface area contributed by atoms with Gasteiger partial charge in [-0.25, -0.2) is 0 Å². The smallest absolute Gasteiger partial charge is 0.242 e. The second-order valence-electron chi connectivity index (χ2n) is 9.09. The first-order valence-corrected chi connectivity index (χ1v) is 12.5. The van der Waals surface area contributed by atoms with E-state index < -0.39 is 0 Å². The minimum absolute atomic E-state index is 0.0609. The first-order chi connectivity index (χ1) is 17.4. The van der Waals surface area contributed by atoms with Crippen LogP contribution in [0.2, 0.25) is 0 Å². The Bertz CT molecular complexity index is 1210. The summed E-state index contributed by atoms with van der Waals surface area (Å²) in [7, 11) is 1.57. The molecule has 0 spiro atoms. The monoisotopic (exact) mass is 492 g/mol. The molecule has 0 atom stereocenters. The summed E-state index contributed by atoms with van der Waals surface area (Å²) in [5.41, 5.74) is 2.65. The number of hydrogen-bond donors (Lipinski definition) is 0. The molecule has 3 rings (SSSR count). The summed E-state index contributed by atoms with van der Waals surface area (Å²) in [4.78, 5) is 42.8. The van der Waals surface area contributed by atoms with Crippen molar-refractivity contribution in [3.63, 3.8) is 0 Å². The molecule has 7 heteroatoms. The van der Waals surface area contributed by atoms with Gasteiger partial charge in [-0.2, -0.15) is 0 Å². The molecular formula is C29H36N2O5. The molecule has 7 nitrogen and oxygen atoms in total. The minimum atomic E-state index is -0.234. The van der Waals surface area contributed by atoms with Crippen LogP contribution in [0.4, 0.5) is 0 Å². The summed E-state index contributed by atoms with van der Waals surface area (Å²) in [6, 6.07) is 15.1. The van der Waals surface area contributed by atoms with Gasteiger partial charge >= 0.3 is 0 Å². The summed E-state index contributed by atoms with van der Waals surface area (Å²) in [5.74, 6) is -0.295. The van der Waals surface area contributed by atoms with E-state index in [0.717, 1.165) is 30.4 Å². The van der Waals surface area contributed by atoms with Crippen LogP contribution in [0.3, 0.4) is 0 Å². The van der Waals surface area contributed by atoms with Crippen molar-refractivity contribution in [1.82, 2.24) is 9.80 Å². The largest absolute Gasteiger partial charge is 0.464 e. The number of nitrogens with zero attached hydrogens (tertiary/aromatic N) is 2. The molecule has 0 saturated heterocycles. The number of aryl methyl sites for hydroxylation is 1.